The summed E-state index contributed by atoms with van der Waals surface area (Å²) in [5.41, 5.74) is 0.163. The SMILES string of the molecule is CN1C2CCC1C1c3ccccc3C(O)(c3cccc(C(F)(F)F)c3)C1C2. The number of hydrogen-bond donors (Lipinski definition) is 1. The van der Waals surface area contributed by atoms with Crippen molar-refractivity contribution in [2.24, 2.45) is 5.92 Å². The van der Waals surface area contributed by atoms with Gasteiger partial charge in [-0.3, -0.25) is 4.90 Å². The Kier molecular flexibility index (Phi) is 3.57. The molecule has 2 fully saturated rings. The summed E-state index contributed by atoms with van der Waals surface area (Å²) in [6.45, 7) is 0. The summed E-state index contributed by atoms with van der Waals surface area (Å²) in [4.78, 5) is 2.41. The zero-order chi connectivity index (χ0) is 19.0. The van der Waals surface area contributed by atoms with E-state index in [9.17, 15) is 18.3 Å². The summed E-state index contributed by atoms with van der Waals surface area (Å²) in [6.07, 6.45) is -1.45. The van der Waals surface area contributed by atoms with Crippen LogP contribution < -0.4 is 0 Å². The van der Waals surface area contributed by atoms with Gasteiger partial charge in [-0.2, -0.15) is 13.2 Å². The van der Waals surface area contributed by atoms with Crippen LogP contribution in [0.5, 0.6) is 0 Å². The minimum absolute atomic E-state index is 0.0907. The summed E-state index contributed by atoms with van der Waals surface area (Å²) in [6, 6.07) is 13.8. The molecular formula is C22H22F3NO. The number of alkyl halides is 3. The van der Waals surface area contributed by atoms with Gasteiger partial charge in [0, 0.05) is 23.9 Å². The fraction of sp³-hybridized carbons (Fsp3) is 0.455. The second-order valence-corrected chi connectivity index (χ2v) is 8.26. The summed E-state index contributed by atoms with van der Waals surface area (Å²) >= 11 is 0. The van der Waals surface area contributed by atoms with Crippen LogP contribution in [0.2, 0.25) is 0 Å². The standard InChI is InChI=1S/C22H22F3NO/c1-26-15-9-10-19(26)20-16-7-2-3-8-17(16)21(27,18(20)12-15)13-5-4-6-14(11-13)22(23,24)25/h2-8,11,15,18-20,27H,9-10,12H2,1H3. The summed E-state index contributed by atoms with van der Waals surface area (Å²) in [5, 5.41) is 12.0. The number of nitrogens with zero attached hydrogens (tertiary/aromatic N) is 1. The largest absolute Gasteiger partial charge is 0.416 e. The van der Waals surface area contributed by atoms with Crippen molar-refractivity contribution in [3.8, 4) is 0 Å². The van der Waals surface area contributed by atoms with Gasteiger partial charge in [-0.05, 0) is 55.1 Å². The number of fused-ring (bicyclic) bond motifs is 6. The van der Waals surface area contributed by atoms with E-state index in [4.69, 9.17) is 0 Å². The topological polar surface area (TPSA) is 23.5 Å². The van der Waals surface area contributed by atoms with Crippen molar-refractivity contribution in [3.05, 3.63) is 70.8 Å². The number of piperidine rings is 1. The molecule has 0 radical (unpaired) electrons. The van der Waals surface area contributed by atoms with Crippen LogP contribution in [0.15, 0.2) is 48.5 Å². The lowest BCUT2D eigenvalue weighted by atomic mass is 9.72. The Bertz CT molecular complexity index is 895. The quantitative estimate of drug-likeness (QED) is 0.794. The summed E-state index contributed by atoms with van der Waals surface area (Å²) in [5.74, 6) is 0.0663. The van der Waals surface area contributed by atoms with Crippen LogP contribution in [-0.2, 0) is 11.8 Å². The van der Waals surface area contributed by atoms with Crippen molar-refractivity contribution < 1.29 is 18.3 Å². The van der Waals surface area contributed by atoms with E-state index in [1.54, 1.807) is 6.07 Å². The van der Waals surface area contributed by atoms with Gasteiger partial charge in [0.25, 0.3) is 0 Å². The first-order chi connectivity index (χ1) is 12.8. The van der Waals surface area contributed by atoms with Gasteiger partial charge < -0.3 is 5.11 Å². The average Bonchev–Trinajstić information content (AvgIpc) is 3.03. The van der Waals surface area contributed by atoms with Crippen molar-refractivity contribution in [1.29, 1.82) is 0 Å². The zero-order valence-electron chi connectivity index (χ0n) is 15.1. The molecule has 2 bridgehead atoms. The highest BCUT2D eigenvalue weighted by atomic mass is 19.4. The minimum Gasteiger partial charge on any atom is -0.380 e. The monoisotopic (exact) mass is 373 g/mol. The molecule has 0 saturated carbocycles. The lowest BCUT2D eigenvalue weighted by Crippen LogP contribution is -2.48. The molecule has 1 aliphatic carbocycles. The molecule has 0 aromatic heterocycles. The summed E-state index contributed by atoms with van der Waals surface area (Å²) < 4.78 is 39.9. The van der Waals surface area contributed by atoms with Crippen molar-refractivity contribution in [2.75, 3.05) is 7.05 Å². The van der Waals surface area contributed by atoms with E-state index < -0.39 is 17.3 Å². The number of aliphatic hydroxyl groups is 1. The number of halogens is 3. The van der Waals surface area contributed by atoms with Gasteiger partial charge in [0.2, 0.25) is 0 Å². The van der Waals surface area contributed by atoms with Crippen LogP contribution in [0.4, 0.5) is 13.2 Å². The maximum absolute atomic E-state index is 13.3. The number of rotatable bonds is 1. The molecule has 2 nitrogen and oxygen atoms in total. The molecule has 0 amide bonds. The molecule has 0 spiro atoms. The molecule has 2 aliphatic heterocycles. The predicted octanol–water partition coefficient (Wildman–Crippen LogP) is 4.52. The smallest absolute Gasteiger partial charge is 0.380 e. The Hall–Kier alpha value is -1.85. The fourth-order valence-electron chi connectivity index (χ4n) is 5.96. The Morgan fingerprint density at radius 1 is 1.07 bits per heavy atom. The fourth-order valence-corrected chi connectivity index (χ4v) is 5.96. The van der Waals surface area contributed by atoms with Gasteiger partial charge in [0.15, 0.2) is 0 Å². The molecule has 2 aromatic carbocycles. The van der Waals surface area contributed by atoms with Crippen LogP contribution in [0, 0.1) is 5.92 Å². The van der Waals surface area contributed by atoms with Crippen LogP contribution >= 0.6 is 0 Å². The highest BCUT2D eigenvalue weighted by molar-refractivity contribution is 5.51. The van der Waals surface area contributed by atoms with E-state index in [2.05, 4.69) is 11.9 Å². The molecule has 142 valence electrons. The van der Waals surface area contributed by atoms with E-state index in [1.165, 1.54) is 6.07 Å². The van der Waals surface area contributed by atoms with Gasteiger partial charge in [0.05, 0.1) is 5.56 Å². The van der Waals surface area contributed by atoms with Crippen molar-refractivity contribution in [1.82, 2.24) is 4.90 Å². The first-order valence-electron chi connectivity index (χ1n) is 9.53. The maximum atomic E-state index is 13.3. The molecule has 2 saturated heterocycles. The lowest BCUT2D eigenvalue weighted by Gasteiger charge is -2.44. The van der Waals surface area contributed by atoms with Crippen molar-refractivity contribution in [3.63, 3.8) is 0 Å². The van der Waals surface area contributed by atoms with Gasteiger partial charge in [-0.15, -0.1) is 0 Å². The average molecular weight is 373 g/mol. The van der Waals surface area contributed by atoms with Crippen LogP contribution in [0.3, 0.4) is 0 Å². The van der Waals surface area contributed by atoms with Gasteiger partial charge in [-0.25, -0.2) is 0 Å². The number of hydrogen-bond acceptors (Lipinski definition) is 2. The maximum Gasteiger partial charge on any atom is 0.416 e. The van der Waals surface area contributed by atoms with Crippen molar-refractivity contribution >= 4 is 0 Å². The summed E-state index contributed by atoms with van der Waals surface area (Å²) in [7, 11) is 2.14. The van der Waals surface area contributed by atoms with Crippen LogP contribution in [-0.4, -0.2) is 29.1 Å². The third-order valence-corrected chi connectivity index (χ3v) is 7.17. The van der Waals surface area contributed by atoms with Gasteiger partial charge >= 0.3 is 6.18 Å². The molecule has 5 heteroatoms. The number of likely N-dealkylation sites (N-methyl/N-ethyl adjacent to an activating group) is 1. The second kappa shape index (κ2) is 5.58. The normalized spacial score (nSPS) is 35.1. The first kappa shape index (κ1) is 17.3. The van der Waals surface area contributed by atoms with Crippen molar-refractivity contribution in [2.45, 2.75) is 49.0 Å². The highest BCUT2D eigenvalue weighted by Crippen LogP contribution is 2.61. The Labute approximate surface area is 156 Å². The first-order valence-corrected chi connectivity index (χ1v) is 9.53. The number of benzene rings is 2. The molecule has 2 heterocycles. The third-order valence-electron chi connectivity index (χ3n) is 7.17. The molecule has 5 rings (SSSR count). The van der Waals surface area contributed by atoms with Gasteiger partial charge in [0.1, 0.15) is 5.60 Å². The molecule has 3 aliphatic rings. The zero-order valence-corrected chi connectivity index (χ0v) is 15.1. The molecule has 2 aromatic rings. The Morgan fingerprint density at radius 3 is 2.63 bits per heavy atom. The minimum atomic E-state index is -4.42. The molecule has 1 N–H and O–H groups in total. The Balaban J connectivity index is 1.70. The molecular weight excluding hydrogens is 351 g/mol. The van der Waals surface area contributed by atoms with E-state index in [0.29, 0.717) is 17.6 Å². The molecule has 5 atom stereocenters. The van der Waals surface area contributed by atoms with E-state index in [0.717, 1.165) is 42.5 Å². The van der Waals surface area contributed by atoms with E-state index >= 15 is 0 Å². The lowest BCUT2D eigenvalue weighted by molar-refractivity contribution is -0.137. The molecule has 5 unspecified atom stereocenters. The predicted molar refractivity (Wildman–Crippen MR) is 96.3 cm³/mol. The van der Waals surface area contributed by atoms with E-state index in [-0.39, 0.29) is 11.8 Å². The van der Waals surface area contributed by atoms with Gasteiger partial charge in [-0.1, -0.05) is 36.4 Å². The Morgan fingerprint density at radius 2 is 1.85 bits per heavy atom. The highest BCUT2D eigenvalue weighted by Gasteiger charge is 2.59. The second-order valence-electron chi connectivity index (χ2n) is 8.26. The molecule has 27 heavy (non-hydrogen) atoms. The van der Waals surface area contributed by atoms with Crippen LogP contribution in [0.25, 0.3) is 0 Å². The third kappa shape index (κ3) is 2.28. The van der Waals surface area contributed by atoms with Crippen LogP contribution in [0.1, 0.15) is 47.4 Å². The van der Waals surface area contributed by atoms with E-state index in [1.807, 2.05) is 24.3 Å².